The third kappa shape index (κ3) is 3.74. The monoisotopic (exact) mass is 272 g/mol. The molecule has 0 aromatic carbocycles. The predicted molar refractivity (Wildman–Crippen MR) is 74.8 cm³/mol. The smallest absolute Gasteiger partial charge is 0.356 e. The van der Waals surface area contributed by atoms with Crippen LogP contribution < -0.4 is 5.32 Å². The lowest BCUT2D eigenvalue weighted by Gasteiger charge is -2.06. The number of nitrogens with one attached hydrogen (secondary N) is 1. The van der Waals surface area contributed by atoms with E-state index in [0.717, 1.165) is 25.1 Å². The molecule has 0 unspecified atom stereocenters. The summed E-state index contributed by atoms with van der Waals surface area (Å²) >= 11 is 0. The molecule has 0 atom stereocenters. The van der Waals surface area contributed by atoms with Gasteiger partial charge in [0.05, 0.1) is 12.4 Å². The first kappa shape index (κ1) is 13.9. The van der Waals surface area contributed by atoms with Gasteiger partial charge in [0, 0.05) is 18.4 Å². The zero-order valence-electron chi connectivity index (χ0n) is 11.2. The minimum atomic E-state index is -1.07. The van der Waals surface area contributed by atoms with E-state index in [1.54, 1.807) is 6.20 Å². The van der Waals surface area contributed by atoms with Crippen molar-refractivity contribution < 1.29 is 9.90 Å². The van der Waals surface area contributed by atoms with Crippen molar-refractivity contribution in [2.75, 3.05) is 11.9 Å². The maximum atomic E-state index is 10.6. The zero-order valence-corrected chi connectivity index (χ0v) is 11.2. The van der Waals surface area contributed by atoms with E-state index in [4.69, 9.17) is 5.11 Å². The Morgan fingerprint density at radius 2 is 2.15 bits per heavy atom. The Kier molecular flexibility index (Phi) is 4.60. The average molecular weight is 272 g/mol. The van der Waals surface area contributed by atoms with E-state index in [-0.39, 0.29) is 5.69 Å². The second kappa shape index (κ2) is 6.60. The molecule has 2 rings (SSSR count). The molecule has 0 saturated carbocycles. The van der Waals surface area contributed by atoms with E-state index in [1.807, 2.05) is 19.1 Å². The lowest BCUT2D eigenvalue weighted by Crippen LogP contribution is -2.08. The van der Waals surface area contributed by atoms with Gasteiger partial charge in [-0.15, -0.1) is 0 Å². The van der Waals surface area contributed by atoms with Gasteiger partial charge in [0.2, 0.25) is 0 Å². The van der Waals surface area contributed by atoms with E-state index in [2.05, 4.69) is 20.3 Å². The quantitative estimate of drug-likeness (QED) is 0.781. The van der Waals surface area contributed by atoms with Crippen molar-refractivity contribution in [1.29, 1.82) is 0 Å². The highest BCUT2D eigenvalue weighted by atomic mass is 16.4. The molecule has 2 aromatic rings. The van der Waals surface area contributed by atoms with Crippen LogP contribution in [-0.4, -0.2) is 32.6 Å². The zero-order chi connectivity index (χ0) is 14.4. The molecule has 6 nitrogen and oxygen atoms in total. The number of hydrogen-bond acceptors (Lipinski definition) is 5. The molecule has 0 aliphatic heterocycles. The van der Waals surface area contributed by atoms with Gasteiger partial charge in [0.25, 0.3) is 0 Å². The molecule has 0 saturated heterocycles. The number of rotatable bonds is 6. The average Bonchev–Trinajstić information content (AvgIpc) is 2.46. The molecule has 2 heterocycles. The molecule has 104 valence electrons. The molecular weight excluding hydrogens is 256 g/mol. The number of pyridine rings is 1. The first-order valence-electron chi connectivity index (χ1n) is 6.36. The summed E-state index contributed by atoms with van der Waals surface area (Å²) in [4.78, 5) is 22.7. The van der Waals surface area contributed by atoms with Gasteiger partial charge in [-0.25, -0.2) is 14.8 Å². The maximum Gasteiger partial charge on any atom is 0.356 e. The largest absolute Gasteiger partial charge is 0.476 e. The third-order valence-corrected chi connectivity index (χ3v) is 2.89. The lowest BCUT2D eigenvalue weighted by molar-refractivity contribution is 0.0690. The Bertz CT molecular complexity index is 584. The first-order valence-corrected chi connectivity index (χ1v) is 6.36. The second-order valence-electron chi connectivity index (χ2n) is 4.39. The summed E-state index contributed by atoms with van der Waals surface area (Å²) in [5.74, 6) is -0.498. The number of aromatic nitrogens is 3. The predicted octanol–water partition coefficient (Wildman–Crippen LogP) is 1.92. The Morgan fingerprint density at radius 1 is 1.30 bits per heavy atom. The van der Waals surface area contributed by atoms with Crippen molar-refractivity contribution in [2.24, 2.45) is 0 Å². The third-order valence-electron chi connectivity index (χ3n) is 2.89. The van der Waals surface area contributed by atoms with Gasteiger partial charge in [-0.3, -0.25) is 4.98 Å². The van der Waals surface area contributed by atoms with Crippen molar-refractivity contribution >= 4 is 11.8 Å². The van der Waals surface area contributed by atoms with Gasteiger partial charge < -0.3 is 10.4 Å². The van der Waals surface area contributed by atoms with Gasteiger partial charge in [-0.05, 0) is 31.4 Å². The number of carbonyl (C=O) groups is 1. The Balaban J connectivity index is 1.79. The van der Waals surface area contributed by atoms with Gasteiger partial charge in [-0.1, -0.05) is 6.07 Å². The summed E-state index contributed by atoms with van der Waals surface area (Å²) in [5, 5.41) is 11.8. The fourth-order valence-electron chi connectivity index (χ4n) is 1.78. The minimum Gasteiger partial charge on any atom is -0.476 e. The van der Waals surface area contributed by atoms with Crippen LogP contribution in [0.2, 0.25) is 0 Å². The summed E-state index contributed by atoms with van der Waals surface area (Å²) < 4.78 is 0. The number of carboxylic acids is 1. The van der Waals surface area contributed by atoms with Crippen LogP contribution in [-0.2, 0) is 6.42 Å². The molecule has 2 N–H and O–H groups in total. The summed E-state index contributed by atoms with van der Waals surface area (Å²) in [6.07, 6.45) is 6.27. The molecular formula is C14H16N4O2. The molecule has 0 aliphatic carbocycles. The first-order chi connectivity index (χ1) is 9.66. The molecule has 0 aliphatic rings. The molecule has 20 heavy (non-hydrogen) atoms. The fourth-order valence-corrected chi connectivity index (χ4v) is 1.78. The minimum absolute atomic E-state index is 0.0559. The van der Waals surface area contributed by atoms with Crippen LogP contribution in [0.25, 0.3) is 0 Å². The van der Waals surface area contributed by atoms with Crippen molar-refractivity contribution in [3.8, 4) is 0 Å². The van der Waals surface area contributed by atoms with Crippen LogP contribution in [0, 0.1) is 6.92 Å². The van der Waals surface area contributed by atoms with E-state index in [9.17, 15) is 4.79 Å². The lowest BCUT2D eigenvalue weighted by atomic mass is 10.1. The van der Waals surface area contributed by atoms with Crippen LogP contribution in [0.5, 0.6) is 0 Å². The molecule has 0 radical (unpaired) electrons. The standard InChI is InChI=1S/C14H16N4O2/c1-10-4-2-6-15-11(10)5-3-7-16-13-9-17-12(8-18-13)14(19)20/h2,4,6,8-9H,3,5,7H2,1H3,(H,16,18)(H,19,20). The highest BCUT2D eigenvalue weighted by Gasteiger charge is 2.04. The highest BCUT2D eigenvalue weighted by molar-refractivity contribution is 5.84. The fraction of sp³-hybridized carbons (Fsp3) is 0.286. The van der Waals surface area contributed by atoms with Gasteiger partial charge in [0.1, 0.15) is 5.82 Å². The summed E-state index contributed by atoms with van der Waals surface area (Å²) in [6, 6.07) is 3.97. The molecule has 0 amide bonds. The van der Waals surface area contributed by atoms with Crippen LogP contribution in [0.1, 0.15) is 28.2 Å². The molecule has 2 aromatic heterocycles. The van der Waals surface area contributed by atoms with Gasteiger partial charge in [0.15, 0.2) is 5.69 Å². The van der Waals surface area contributed by atoms with Crippen molar-refractivity contribution in [2.45, 2.75) is 19.8 Å². The Morgan fingerprint density at radius 3 is 2.80 bits per heavy atom. The number of nitrogens with zero attached hydrogens (tertiary/aromatic N) is 3. The van der Waals surface area contributed by atoms with Crippen LogP contribution in [0.15, 0.2) is 30.7 Å². The van der Waals surface area contributed by atoms with Gasteiger partial charge in [-0.2, -0.15) is 0 Å². The van der Waals surface area contributed by atoms with Crippen LogP contribution in [0.4, 0.5) is 5.82 Å². The number of carboxylic acid groups (broad SMARTS) is 1. The second-order valence-corrected chi connectivity index (χ2v) is 4.39. The van der Waals surface area contributed by atoms with E-state index < -0.39 is 5.97 Å². The maximum absolute atomic E-state index is 10.6. The number of aromatic carboxylic acids is 1. The van der Waals surface area contributed by atoms with Crippen LogP contribution >= 0.6 is 0 Å². The van der Waals surface area contributed by atoms with Crippen molar-refractivity contribution in [3.05, 3.63) is 47.7 Å². The van der Waals surface area contributed by atoms with Crippen molar-refractivity contribution in [1.82, 2.24) is 15.0 Å². The normalized spacial score (nSPS) is 10.2. The summed E-state index contributed by atoms with van der Waals surface area (Å²) in [5.41, 5.74) is 2.24. The number of anilines is 1. The SMILES string of the molecule is Cc1cccnc1CCCNc1cnc(C(=O)O)cn1. The molecule has 0 bridgehead atoms. The number of aryl methyl sites for hydroxylation is 2. The number of hydrogen-bond donors (Lipinski definition) is 2. The highest BCUT2D eigenvalue weighted by Crippen LogP contribution is 2.07. The summed E-state index contributed by atoms with van der Waals surface area (Å²) in [7, 11) is 0. The summed E-state index contributed by atoms with van der Waals surface area (Å²) in [6.45, 7) is 2.78. The Labute approximate surface area is 116 Å². The van der Waals surface area contributed by atoms with E-state index in [1.165, 1.54) is 18.0 Å². The topological polar surface area (TPSA) is 88.0 Å². The van der Waals surface area contributed by atoms with Crippen molar-refractivity contribution in [3.63, 3.8) is 0 Å². The van der Waals surface area contributed by atoms with Crippen LogP contribution in [0.3, 0.4) is 0 Å². The van der Waals surface area contributed by atoms with E-state index in [0.29, 0.717) is 5.82 Å². The van der Waals surface area contributed by atoms with Gasteiger partial charge >= 0.3 is 5.97 Å². The molecule has 0 fully saturated rings. The molecule has 6 heteroatoms. The van der Waals surface area contributed by atoms with E-state index >= 15 is 0 Å². The molecule has 0 spiro atoms. The Hall–Kier alpha value is -2.50.